The summed E-state index contributed by atoms with van der Waals surface area (Å²) in [5.41, 5.74) is 10.3. The number of nitrogens with zero attached hydrogens (tertiary/aromatic N) is 3. The first-order valence-electron chi connectivity index (χ1n) is 8.96. The Morgan fingerprint density at radius 1 is 1.00 bits per heavy atom. The van der Waals surface area contributed by atoms with Crippen molar-refractivity contribution in [2.24, 2.45) is 5.73 Å². The molecule has 0 saturated carbocycles. The van der Waals surface area contributed by atoms with E-state index < -0.39 is 0 Å². The van der Waals surface area contributed by atoms with E-state index in [0.717, 1.165) is 29.9 Å². The van der Waals surface area contributed by atoms with Crippen molar-refractivity contribution in [2.75, 3.05) is 0 Å². The molecule has 0 spiro atoms. The molecule has 23 heavy (non-hydrogen) atoms. The van der Waals surface area contributed by atoms with Crippen LogP contribution in [0.5, 0.6) is 0 Å². The zero-order chi connectivity index (χ0) is 16.5. The highest BCUT2D eigenvalue weighted by molar-refractivity contribution is 5.65. The van der Waals surface area contributed by atoms with Gasteiger partial charge in [-0.2, -0.15) is 0 Å². The molecule has 1 heterocycles. The molecule has 2 aromatic rings. The lowest BCUT2D eigenvalue weighted by Gasteiger charge is -2.07. The lowest BCUT2D eigenvalue weighted by atomic mass is 10.0. The van der Waals surface area contributed by atoms with Crippen molar-refractivity contribution in [1.29, 1.82) is 0 Å². The molecule has 0 aliphatic carbocycles. The smallest absolute Gasteiger partial charge is 0.117 e. The fourth-order valence-corrected chi connectivity index (χ4v) is 2.98. The Bertz CT molecular complexity index is 589. The number of nitrogens with two attached hydrogens (primary N) is 1. The number of aryl methyl sites for hydroxylation is 2. The van der Waals surface area contributed by atoms with Gasteiger partial charge in [0.1, 0.15) is 5.69 Å². The van der Waals surface area contributed by atoms with Crippen LogP contribution in [0.4, 0.5) is 0 Å². The Labute approximate surface area is 140 Å². The van der Waals surface area contributed by atoms with E-state index in [4.69, 9.17) is 5.73 Å². The SMILES string of the molecule is CCCCCCCCCn1nnc(-c2ccccc2C)c1CN. The number of hydrogen-bond acceptors (Lipinski definition) is 3. The fourth-order valence-electron chi connectivity index (χ4n) is 2.98. The summed E-state index contributed by atoms with van der Waals surface area (Å²) in [5.74, 6) is 0. The lowest BCUT2D eigenvalue weighted by molar-refractivity contribution is 0.501. The summed E-state index contributed by atoms with van der Waals surface area (Å²) in [4.78, 5) is 0. The van der Waals surface area contributed by atoms with E-state index in [1.165, 1.54) is 44.1 Å². The van der Waals surface area contributed by atoms with Gasteiger partial charge in [-0.3, -0.25) is 0 Å². The predicted molar refractivity (Wildman–Crippen MR) is 96.1 cm³/mol. The van der Waals surface area contributed by atoms with Crippen molar-refractivity contribution in [2.45, 2.75) is 71.9 Å². The van der Waals surface area contributed by atoms with Crippen molar-refractivity contribution < 1.29 is 0 Å². The normalized spacial score (nSPS) is 11.1. The number of rotatable bonds is 10. The summed E-state index contributed by atoms with van der Waals surface area (Å²) in [6.45, 7) is 5.75. The van der Waals surface area contributed by atoms with Crippen molar-refractivity contribution >= 4 is 0 Å². The van der Waals surface area contributed by atoms with Gasteiger partial charge in [0, 0.05) is 18.7 Å². The van der Waals surface area contributed by atoms with Crippen molar-refractivity contribution in [3.8, 4) is 11.3 Å². The van der Waals surface area contributed by atoms with Crippen LogP contribution in [-0.2, 0) is 13.1 Å². The molecule has 2 N–H and O–H groups in total. The van der Waals surface area contributed by atoms with Gasteiger partial charge in [-0.15, -0.1) is 5.10 Å². The fraction of sp³-hybridized carbons (Fsp3) is 0.579. The van der Waals surface area contributed by atoms with Crippen LogP contribution in [0.2, 0.25) is 0 Å². The molecule has 4 nitrogen and oxygen atoms in total. The first kappa shape index (κ1) is 17.7. The second kappa shape index (κ2) is 9.46. The molecule has 126 valence electrons. The highest BCUT2D eigenvalue weighted by atomic mass is 15.4. The van der Waals surface area contributed by atoms with Crippen LogP contribution < -0.4 is 5.73 Å². The molecule has 0 atom stereocenters. The van der Waals surface area contributed by atoms with Gasteiger partial charge in [-0.25, -0.2) is 4.68 Å². The third-order valence-corrected chi connectivity index (χ3v) is 4.40. The van der Waals surface area contributed by atoms with Gasteiger partial charge in [-0.05, 0) is 18.9 Å². The van der Waals surface area contributed by atoms with Crippen molar-refractivity contribution in [1.82, 2.24) is 15.0 Å². The molecule has 2 rings (SSSR count). The Kier molecular flexibility index (Phi) is 7.27. The van der Waals surface area contributed by atoms with Gasteiger partial charge in [0.15, 0.2) is 0 Å². The van der Waals surface area contributed by atoms with Gasteiger partial charge >= 0.3 is 0 Å². The zero-order valence-electron chi connectivity index (χ0n) is 14.6. The van der Waals surface area contributed by atoms with Gasteiger partial charge in [-0.1, -0.05) is 74.9 Å². The molecule has 0 radical (unpaired) electrons. The molecule has 0 bridgehead atoms. The van der Waals surface area contributed by atoms with E-state index >= 15 is 0 Å². The van der Waals surface area contributed by atoms with Gasteiger partial charge < -0.3 is 5.73 Å². The van der Waals surface area contributed by atoms with Crippen LogP contribution in [0.3, 0.4) is 0 Å². The zero-order valence-corrected chi connectivity index (χ0v) is 14.6. The molecule has 1 aromatic heterocycles. The Balaban J connectivity index is 1.92. The Morgan fingerprint density at radius 3 is 2.39 bits per heavy atom. The van der Waals surface area contributed by atoms with Crippen LogP contribution in [0.1, 0.15) is 63.1 Å². The topological polar surface area (TPSA) is 56.7 Å². The summed E-state index contributed by atoms with van der Waals surface area (Å²) in [5, 5.41) is 8.73. The quantitative estimate of drug-likeness (QED) is 0.659. The summed E-state index contributed by atoms with van der Waals surface area (Å²) in [7, 11) is 0. The third kappa shape index (κ3) is 4.90. The minimum atomic E-state index is 0.479. The van der Waals surface area contributed by atoms with Crippen LogP contribution in [0.15, 0.2) is 24.3 Å². The molecule has 1 aromatic carbocycles. The van der Waals surface area contributed by atoms with E-state index in [1.54, 1.807) is 0 Å². The van der Waals surface area contributed by atoms with E-state index in [2.05, 4.69) is 36.3 Å². The van der Waals surface area contributed by atoms with E-state index in [1.807, 2.05) is 16.8 Å². The first-order chi connectivity index (χ1) is 11.3. The van der Waals surface area contributed by atoms with E-state index in [0.29, 0.717) is 6.54 Å². The lowest BCUT2D eigenvalue weighted by Crippen LogP contribution is -2.10. The number of unbranched alkanes of at least 4 members (excludes halogenated alkanes) is 6. The molecule has 0 aliphatic rings. The van der Waals surface area contributed by atoms with Crippen molar-refractivity contribution in [3.05, 3.63) is 35.5 Å². The molecule has 4 heteroatoms. The molecule has 0 saturated heterocycles. The maximum absolute atomic E-state index is 5.97. The van der Waals surface area contributed by atoms with Gasteiger partial charge in [0.2, 0.25) is 0 Å². The average molecular weight is 314 g/mol. The van der Waals surface area contributed by atoms with E-state index in [-0.39, 0.29) is 0 Å². The highest BCUT2D eigenvalue weighted by Crippen LogP contribution is 2.24. The minimum absolute atomic E-state index is 0.479. The monoisotopic (exact) mass is 314 g/mol. The third-order valence-electron chi connectivity index (χ3n) is 4.40. The molecule has 0 aliphatic heterocycles. The predicted octanol–water partition coefficient (Wildman–Crippen LogP) is 4.46. The van der Waals surface area contributed by atoms with Crippen LogP contribution >= 0.6 is 0 Å². The number of aromatic nitrogens is 3. The van der Waals surface area contributed by atoms with Gasteiger partial charge in [0.05, 0.1) is 5.69 Å². The first-order valence-corrected chi connectivity index (χ1v) is 8.96. The summed E-state index contributed by atoms with van der Waals surface area (Å²) in [6.07, 6.45) is 9.11. The molecule has 0 amide bonds. The Morgan fingerprint density at radius 2 is 1.70 bits per heavy atom. The molecular weight excluding hydrogens is 284 g/mol. The van der Waals surface area contributed by atoms with Crippen LogP contribution in [-0.4, -0.2) is 15.0 Å². The number of benzene rings is 1. The molecular formula is C19H30N4. The highest BCUT2D eigenvalue weighted by Gasteiger charge is 2.14. The summed E-state index contributed by atoms with van der Waals surface area (Å²) in [6, 6.07) is 8.28. The second-order valence-corrected chi connectivity index (χ2v) is 6.25. The van der Waals surface area contributed by atoms with Gasteiger partial charge in [0.25, 0.3) is 0 Å². The largest absolute Gasteiger partial charge is 0.325 e. The van der Waals surface area contributed by atoms with Crippen LogP contribution in [0.25, 0.3) is 11.3 Å². The minimum Gasteiger partial charge on any atom is -0.325 e. The summed E-state index contributed by atoms with van der Waals surface area (Å²) < 4.78 is 1.99. The van der Waals surface area contributed by atoms with Crippen molar-refractivity contribution in [3.63, 3.8) is 0 Å². The van der Waals surface area contributed by atoms with Crippen LogP contribution in [0, 0.1) is 6.92 Å². The van der Waals surface area contributed by atoms with E-state index in [9.17, 15) is 0 Å². The summed E-state index contributed by atoms with van der Waals surface area (Å²) >= 11 is 0. The standard InChI is InChI=1S/C19H30N4/c1-3-4-5-6-7-8-11-14-23-18(15-20)19(21-22-23)17-13-10-9-12-16(17)2/h9-10,12-13H,3-8,11,14-15,20H2,1-2H3. The maximum atomic E-state index is 5.97. The molecule has 0 unspecified atom stereocenters. The Hall–Kier alpha value is -1.68. The second-order valence-electron chi connectivity index (χ2n) is 6.25. The molecule has 0 fully saturated rings. The maximum Gasteiger partial charge on any atom is 0.117 e. The number of hydrogen-bond donors (Lipinski definition) is 1. The average Bonchev–Trinajstić information content (AvgIpc) is 2.97.